The van der Waals surface area contributed by atoms with Crippen molar-refractivity contribution in [2.24, 2.45) is 0 Å². The molecule has 128 valence electrons. The van der Waals surface area contributed by atoms with Gasteiger partial charge in [0.15, 0.2) is 0 Å². The Bertz CT molecular complexity index is 735. The quantitative estimate of drug-likeness (QED) is 0.522. The molecule has 0 amide bonds. The van der Waals surface area contributed by atoms with Gasteiger partial charge in [0.05, 0.1) is 12.7 Å². The van der Waals surface area contributed by atoms with Crippen LogP contribution in [-0.4, -0.2) is 12.7 Å². The summed E-state index contributed by atoms with van der Waals surface area (Å²) >= 11 is 0. The zero-order valence-electron chi connectivity index (χ0n) is 15.0. The standard InChI is InChI=1S/C24H26O/c1-3-18-25-24-16-14-23(15-17-24)22-12-10-21(11-13-22)9-8-20-6-4-19(2)5-7-20/h3-7,10-13,23-24H,1,14-18H2,2H3. The number of hydrogen-bond donors (Lipinski definition) is 0. The molecule has 1 fully saturated rings. The van der Waals surface area contributed by atoms with Gasteiger partial charge in [-0.05, 0) is 68.4 Å². The minimum atomic E-state index is 0.411. The summed E-state index contributed by atoms with van der Waals surface area (Å²) in [6, 6.07) is 17.1. The van der Waals surface area contributed by atoms with Gasteiger partial charge in [-0.2, -0.15) is 0 Å². The number of ether oxygens (including phenoxy) is 1. The number of hydrogen-bond acceptors (Lipinski definition) is 1. The molecule has 1 aliphatic carbocycles. The minimum Gasteiger partial charge on any atom is -0.374 e. The van der Waals surface area contributed by atoms with Gasteiger partial charge < -0.3 is 4.74 Å². The van der Waals surface area contributed by atoms with E-state index in [0.717, 1.165) is 24.0 Å². The Hall–Kier alpha value is -2.30. The van der Waals surface area contributed by atoms with Crippen molar-refractivity contribution in [1.82, 2.24) is 0 Å². The average molecular weight is 330 g/mol. The fraction of sp³-hybridized carbons (Fsp3) is 0.333. The molecule has 0 heterocycles. The summed E-state index contributed by atoms with van der Waals surface area (Å²) in [6.45, 7) is 6.48. The summed E-state index contributed by atoms with van der Waals surface area (Å²) in [5.41, 5.74) is 4.84. The second-order valence-corrected chi connectivity index (χ2v) is 6.83. The van der Waals surface area contributed by atoms with Crippen LogP contribution in [0.2, 0.25) is 0 Å². The Morgan fingerprint density at radius 1 is 0.920 bits per heavy atom. The van der Waals surface area contributed by atoms with Gasteiger partial charge in [-0.1, -0.05) is 47.7 Å². The maximum absolute atomic E-state index is 5.78. The molecule has 0 atom stereocenters. The average Bonchev–Trinajstić information content (AvgIpc) is 2.67. The van der Waals surface area contributed by atoms with Gasteiger partial charge in [0, 0.05) is 11.1 Å². The van der Waals surface area contributed by atoms with E-state index in [4.69, 9.17) is 4.74 Å². The molecule has 0 aliphatic heterocycles. The van der Waals surface area contributed by atoms with Gasteiger partial charge in [0.1, 0.15) is 0 Å². The lowest BCUT2D eigenvalue weighted by Crippen LogP contribution is -2.20. The van der Waals surface area contributed by atoms with Gasteiger partial charge in [-0.3, -0.25) is 0 Å². The molecule has 0 aromatic heterocycles. The van der Waals surface area contributed by atoms with Crippen LogP contribution in [0.25, 0.3) is 0 Å². The van der Waals surface area contributed by atoms with E-state index in [1.165, 1.54) is 24.0 Å². The first-order valence-electron chi connectivity index (χ1n) is 9.16. The normalized spacial score (nSPS) is 19.7. The van der Waals surface area contributed by atoms with E-state index in [9.17, 15) is 0 Å². The predicted octanol–water partition coefficient (Wildman–Crippen LogP) is 5.62. The fourth-order valence-electron chi connectivity index (χ4n) is 3.39. The Kier molecular flexibility index (Phi) is 6.09. The molecule has 0 N–H and O–H groups in total. The third kappa shape index (κ3) is 5.08. The van der Waals surface area contributed by atoms with E-state index in [0.29, 0.717) is 18.6 Å². The Labute approximate surface area is 151 Å². The summed E-state index contributed by atoms with van der Waals surface area (Å²) in [4.78, 5) is 0. The molecule has 0 spiro atoms. The third-order valence-electron chi connectivity index (χ3n) is 4.91. The topological polar surface area (TPSA) is 9.23 Å². The highest BCUT2D eigenvalue weighted by molar-refractivity contribution is 5.44. The molecule has 0 unspecified atom stereocenters. The van der Waals surface area contributed by atoms with Crippen LogP contribution in [0.5, 0.6) is 0 Å². The van der Waals surface area contributed by atoms with Gasteiger partial charge in [0.2, 0.25) is 0 Å². The maximum atomic E-state index is 5.78. The second-order valence-electron chi connectivity index (χ2n) is 6.83. The van der Waals surface area contributed by atoms with E-state index in [1.54, 1.807) is 0 Å². The Morgan fingerprint density at radius 2 is 1.48 bits per heavy atom. The highest BCUT2D eigenvalue weighted by Crippen LogP contribution is 2.34. The van der Waals surface area contributed by atoms with Crippen molar-refractivity contribution in [3.8, 4) is 11.8 Å². The van der Waals surface area contributed by atoms with Crippen molar-refractivity contribution in [3.05, 3.63) is 83.4 Å². The zero-order chi connectivity index (χ0) is 17.5. The predicted molar refractivity (Wildman–Crippen MR) is 105 cm³/mol. The van der Waals surface area contributed by atoms with Crippen molar-refractivity contribution in [1.29, 1.82) is 0 Å². The summed E-state index contributed by atoms with van der Waals surface area (Å²) in [5.74, 6) is 7.15. The number of rotatable bonds is 4. The molecule has 25 heavy (non-hydrogen) atoms. The molecular formula is C24H26O. The Morgan fingerprint density at radius 3 is 2.04 bits per heavy atom. The molecule has 1 aliphatic rings. The van der Waals surface area contributed by atoms with Gasteiger partial charge in [0.25, 0.3) is 0 Å². The number of aryl methyl sites for hydroxylation is 1. The first kappa shape index (κ1) is 17.5. The molecule has 2 aromatic carbocycles. The van der Waals surface area contributed by atoms with Crippen LogP contribution in [-0.2, 0) is 4.74 Å². The first-order chi connectivity index (χ1) is 12.2. The van der Waals surface area contributed by atoms with Crippen molar-refractivity contribution in [3.63, 3.8) is 0 Å². The molecule has 0 radical (unpaired) electrons. The van der Waals surface area contributed by atoms with Crippen LogP contribution in [0.1, 0.15) is 53.9 Å². The second kappa shape index (κ2) is 8.70. The Balaban J connectivity index is 1.58. The van der Waals surface area contributed by atoms with E-state index >= 15 is 0 Å². The van der Waals surface area contributed by atoms with Gasteiger partial charge >= 0.3 is 0 Å². The fourth-order valence-corrected chi connectivity index (χ4v) is 3.39. The summed E-state index contributed by atoms with van der Waals surface area (Å²) < 4.78 is 5.78. The minimum absolute atomic E-state index is 0.411. The van der Waals surface area contributed by atoms with E-state index in [-0.39, 0.29) is 0 Å². The van der Waals surface area contributed by atoms with E-state index in [1.807, 2.05) is 6.08 Å². The van der Waals surface area contributed by atoms with Crippen molar-refractivity contribution >= 4 is 0 Å². The molecule has 3 rings (SSSR count). The van der Waals surface area contributed by atoms with Gasteiger partial charge in [-0.15, -0.1) is 6.58 Å². The van der Waals surface area contributed by atoms with Crippen LogP contribution in [0.15, 0.2) is 61.2 Å². The maximum Gasteiger partial charge on any atom is 0.0648 e. The highest BCUT2D eigenvalue weighted by Gasteiger charge is 2.22. The molecule has 0 bridgehead atoms. The van der Waals surface area contributed by atoms with Crippen LogP contribution < -0.4 is 0 Å². The molecule has 1 nitrogen and oxygen atoms in total. The van der Waals surface area contributed by atoms with Crippen LogP contribution in [0, 0.1) is 18.8 Å². The van der Waals surface area contributed by atoms with E-state index in [2.05, 4.69) is 73.9 Å². The first-order valence-corrected chi connectivity index (χ1v) is 9.16. The van der Waals surface area contributed by atoms with Crippen molar-refractivity contribution in [2.45, 2.75) is 44.6 Å². The van der Waals surface area contributed by atoms with Crippen molar-refractivity contribution < 1.29 is 4.74 Å². The summed E-state index contributed by atoms with van der Waals surface area (Å²) in [7, 11) is 0. The highest BCUT2D eigenvalue weighted by atomic mass is 16.5. The lowest BCUT2D eigenvalue weighted by atomic mass is 9.82. The smallest absolute Gasteiger partial charge is 0.0648 e. The van der Waals surface area contributed by atoms with Crippen LogP contribution in [0.4, 0.5) is 0 Å². The number of benzene rings is 2. The van der Waals surface area contributed by atoms with Crippen LogP contribution in [0.3, 0.4) is 0 Å². The van der Waals surface area contributed by atoms with Crippen molar-refractivity contribution in [2.75, 3.05) is 6.61 Å². The molecule has 1 heteroatoms. The lowest BCUT2D eigenvalue weighted by molar-refractivity contribution is 0.0424. The van der Waals surface area contributed by atoms with E-state index < -0.39 is 0 Å². The molecule has 2 aromatic rings. The monoisotopic (exact) mass is 330 g/mol. The SMILES string of the molecule is C=CCOC1CCC(c2ccc(C#Cc3ccc(C)cc3)cc2)CC1. The molecule has 0 saturated heterocycles. The summed E-state index contributed by atoms with van der Waals surface area (Å²) in [5, 5.41) is 0. The zero-order valence-corrected chi connectivity index (χ0v) is 15.0. The van der Waals surface area contributed by atoms with Crippen LogP contribution >= 0.6 is 0 Å². The molecular weight excluding hydrogens is 304 g/mol. The third-order valence-corrected chi connectivity index (χ3v) is 4.91. The lowest BCUT2D eigenvalue weighted by Gasteiger charge is -2.28. The largest absolute Gasteiger partial charge is 0.374 e. The summed E-state index contributed by atoms with van der Waals surface area (Å²) in [6.07, 6.45) is 6.95. The molecule has 1 saturated carbocycles. The van der Waals surface area contributed by atoms with Gasteiger partial charge in [-0.25, -0.2) is 0 Å².